The number of carbonyl (C=O) groups excluding carboxylic acids is 1. The van der Waals surface area contributed by atoms with Crippen LogP contribution in [0.25, 0.3) is 0 Å². The number of nitrogens with zero attached hydrogens (tertiary/aromatic N) is 3. The fourth-order valence-electron chi connectivity index (χ4n) is 1.24. The van der Waals surface area contributed by atoms with Crippen molar-refractivity contribution in [1.82, 2.24) is 14.5 Å². The van der Waals surface area contributed by atoms with Gasteiger partial charge in [-0.15, -0.1) is 0 Å². The number of imidazole rings is 1. The molecular formula is C11H11N3O2. The average molecular weight is 217 g/mol. The second kappa shape index (κ2) is 5.06. The summed E-state index contributed by atoms with van der Waals surface area (Å²) in [5, 5.41) is 0. The smallest absolute Gasteiger partial charge is 0.419 e. The monoisotopic (exact) mass is 217 g/mol. The van der Waals surface area contributed by atoms with Gasteiger partial charge in [-0.05, 0) is 11.6 Å². The van der Waals surface area contributed by atoms with Crippen LogP contribution in [0.5, 0.6) is 0 Å². The first kappa shape index (κ1) is 10.4. The van der Waals surface area contributed by atoms with Crippen molar-refractivity contribution in [3.05, 3.63) is 48.8 Å². The molecule has 0 saturated heterocycles. The standard InChI is InChI=1S/C11H11N3O2/c15-11(14-6-5-13-9-14)16-7-3-10-2-1-4-12-8-10/h1-2,4-6,8-9H,3,7H2. The van der Waals surface area contributed by atoms with Crippen LogP contribution >= 0.6 is 0 Å². The third-order valence-electron chi connectivity index (χ3n) is 2.05. The zero-order valence-electron chi connectivity index (χ0n) is 8.61. The Morgan fingerprint density at radius 1 is 1.38 bits per heavy atom. The number of aromatic nitrogens is 3. The minimum absolute atomic E-state index is 0.336. The summed E-state index contributed by atoms with van der Waals surface area (Å²) in [7, 11) is 0. The topological polar surface area (TPSA) is 57.0 Å². The first-order valence-electron chi connectivity index (χ1n) is 4.90. The Labute approximate surface area is 92.7 Å². The largest absolute Gasteiger partial charge is 0.449 e. The molecule has 2 aromatic heterocycles. The maximum absolute atomic E-state index is 11.4. The van der Waals surface area contributed by atoms with Crippen LogP contribution in [-0.2, 0) is 11.2 Å². The Bertz CT molecular complexity index is 440. The zero-order valence-corrected chi connectivity index (χ0v) is 8.61. The van der Waals surface area contributed by atoms with Crippen LogP contribution in [0.15, 0.2) is 43.2 Å². The molecule has 0 saturated carbocycles. The second-order valence-corrected chi connectivity index (χ2v) is 3.20. The molecule has 2 aromatic rings. The Kier molecular flexibility index (Phi) is 3.28. The van der Waals surface area contributed by atoms with E-state index in [-0.39, 0.29) is 0 Å². The quantitative estimate of drug-likeness (QED) is 0.781. The van der Waals surface area contributed by atoms with Crippen LogP contribution in [0.3, 0.4) is 0 Å². The SMILES string of the molecule is O=C(OCCc1cccnc1)n1ccnc1. The van der Waals surface area contributed by atoms with Crippen molar-refractivity contribution in [2.24, 2.45) is 0 Å². The Balaban J connectivity index is 1.79. The molecular weight excluding hydrogens is 206 g/mol. The van der Waals surface area contributed by atoms with Crippen LogP contribution in [0.2, 0.25) is 0 Å². The number of hydrogen-bond donors (Lipinski definition) is 0. The summed E-state index contributed by atoms with van der Waals surface area (Å²) in [6, 6.07) is 3.80. The molecule has 5 nitrogen and oxygen atoms in total. The molecule has 0 N–H and O–H groups in total. The van der Waals surface area contributed by atoms with Crippen LogP contribution in [-0.4, -0.2) is 27.2 Å². The summed E-state index contributed by atoms with van der Waals surface area (Å²) in [5.41, 5.74) is 1.04. The molecule has 0 fully saturated rings. The van der Waals surface area contributed by atoms with Crippen LogP contribution in [0, 0.1) is 0 Å². The highest BCUT2D eigenvalue weighted by molar-refractivity contribution is 5.69. The van der Waals surface area contributed by atoms with E-state index in [0.29, 0.717) is 13.0 Å². The molecule has 0 aliphatic rings. The van der Waals surface area contributed by atoms with Crippen LogP contribution < -0.4 is 0 Å². The first-order chi connectivity index (χ1) is 7.86. The van der Waals surface area contributed by atoms with Gasteiger partial charge in [0.15, 0.2) is 0 Å². The van der Waals surface area contributed by atoms with Crippen molar-refractivity contribution in [1.29, 1.82) is 0 Å². The van der Waals surface area contributed by atoms with E-state index in [9.17, 15) is 4.79 Å². The summed E-state index contributed by atoms with van der Waals surface area (Å²) in [6.07, 6.45) is 8.20. The highest BCUT2D eigenvalue weighted by Crippen LogP contribution is 1.98. The van der Waals surface area contributed by atoms with Gasteiger partial charge in [0.2, 0.25) is 0 Å². The van der Waals surface area contributed by atoms with E-state index in [0.717, 1.165) is 5.56 Å². The van der Waals surface area contributed by atoms with Crippen molar-refractivity contribution < 1.29 is 9.53 Å². The van der Waals surface area contributed by atoms with Crippen LogP contribution in [0.4, 0.5) is 4.79 Å². The fraction of sp³-hybridized carbons (Fsp3) is 0.182. The minimum atomic E-state index is -0.415. The number of pyridine rings is 1. The maximum atomic E-state index is 11.4. The van der Waals surface area contributed by atoms with Crippen molar-refractivity contribution >= 4 is 6.09 Å². The van der Waals surface area contributed by atoms with E-state index >= 15 is 0 Å². The molecule has 82 valence electrons. The minimum Gasteiger partial charge on any atom is -0.449 e. The number of carbonyl (C=O) groups is 1. The lowest BCUT2D eigenvalue weighted by Crippen LogP contribution is -2.13. The van der Waals surface area contributed by atoms with Gasteiger partial charge in [-0.3, -0.25) is 4.98 Å². The maximum Gasteiger partial charge on any atom is 0.419 e. The van der Waals surface area contributed by atoms with Crippen molar-refractivity contribution in [3.63, 3.8) is 0 Å². The molecule has 0 radical (unpaired) electrons. The summed E-state index contributed by atoms with van der Waals surface area (Å²) in [4.78, 5) is 19.1. The number of ether oxygens (including phenoxy) is 1. The third kappa shape index (κ3) is 2.66. The lowest BCUT2D eigenvalue weighted by atomic mass is 10.2. The predicted octanol–water partition coefficient (Wildman–Crippen LogP) is 1.51. The van der Waals surface area contributed by atoms with Crippen molar-refractivity contribution in [2.45, 2.75) is 6.42 Å². The molecule has 0 atom stereocenters. The van der Waals surface area contributed by atoms with Gasteiger partial charge in [-0.1, -0.05) is 6.07 Å². The zero-order chi connectivity index (χ0) is 11.2. The van der Waals surface area contributed by atoms with E-state index in [2.05, 4.69) is 9.97 Å². The Morgan fingerprint density at radius 3 is 3.00 bits per heavy atom. The molecule has 0 unspecified atom stereocenters. The normalized spacial score (nSPS) is 10.0. The predicted molar refractivity (Wildman–Crippen MR) is 56.9 cm³/mol. The molecule has 0 aliphatic heterocycles. The van der Waals surface area contributed by atoms with E-state index in [4.69, 9.17) is 4.74 Å². The summed E-state index contributed by atoms with van der Waals surface area (Å²) < 4.78 is 6.34. The molecule has 0 aromatic carbocycles. The van der Waals surface area contributed by atoms with E-state index < -0.39 is 6.09 Å². The van der Waals surface area contributed by atoms with Gasteiger partial charge in [0.05, 0.1) is 6.61 Å². The van der Waals surface area contributed by atoms with Gasteiger partial charge in [-0.25, -0.2) is 14.3 Å². The average Bonchev–Trinajstić information content (AvgIpc) is 2.84. The van der Waals surface area contributed by atoms with Crippen molar-refractivity contribution in [2.75, 3.05) is 6.61 Å². The lowest BCUT2D eigenvalue weighted by molar-refractivity contribution is 0.149. The highest BCUT2D eigenvalue weighted by Gasteiger charge is 2.03. The number of hydrogen-bond acceptors (Lipinski definition) is 4. The fourth-order valence-corrected chi connectivity index (χ4v) is 1.24. The molecule has 0 amide bonds. The molecule has 5 heteroatoms. The molecule has 0 spiro atoms. The molecule has 16 heavy (non-hydrogen) atoms. The van der Waals surface area contributed by atoms with Gasteiger partial charge in [0, 0.05) is 31.2 Å². The highest BCUT2D eigenvalue weighted by atomic mass is 16.5. The second-order valence-electron chi connectivity index (χ2n) is 3.20. The van der Waals surface area contributed by atoms with Gasteiger partial charge in [0.1, 0.15) is 6.33 Å². The summed E-state index contributed by atoms with van der Waals surface area (Å²) in [6.45, 7) is 0.336. The molecule has 2 rings (SSSR count). The van der Waals surface area contributed by atoms with Crippen LogP contribution in [0.1, 0.15) is 5.56 Å². The van der Waals surface area contributed by atoms with Crippen molar-refractivity contribution in [3.8, 4) is 0 Å². The third-order valence-corrected chi connectivity index (χ3v) is 2.05. The van der Waals surface area contributed by atoms with E-state index in [1.54, 1.807) is 18.6 Å². The molecule has 0 bridgehead atoms. The first-order valence-corrected chi connectivity index (χ1v) is 4.90. The number of rotatable bonds is 3. The lowest BCUT2D eigenvalue weighted by Gasteiger charge is -2.04. The van der Waals surface area contributed by atoms with E-state index in [1.165, 1.54) is 17.1 Å². The van der Waals surface area contributed by atoms with Gasteiger partial charge >= 0.3 is 6.09 Å². The van der Waals surface area contributed by atoms with Gasteiger partial charge in [-0.2, -0.15) is 0 Å². The summed E-state index contributed by atoms with van der Waals surface area (Å²) in [5.74, 6) is 0. The van der Waals surface area contributed by atoms with Gasteiger partial charge in [0.25, 0.3) is 0 Å². The van der Waals surface area contributed by atoms with E-state index in [1.807, 2.05) is 12.1 Å². The molecule has 0 aliphatic carbocycles. The Morgan fingerprint density at radius 2 is 2.31 bits per heavy atom. The molecule has 2 heterocycles. The summed E-state index contributed by atoms with van der Waals surface area (Å²) >= 11 is 0. The Hall–Kier alpha value is -2.17. The van der Waals surface area contributed by atoms with Gasteiger partial charge < -0.3 is 4.74 Å².